The van der Waals surface area contributed by atoms with Crippen LogP contribution in [-0.2, 0) is 19.6 Å². The number of ether oxygens (including phenoxy) is 1. The molecular weight excluding hydrogens is 296 g/mol. The van der Waals surface area contributed by atoms with Gasteiger partial charge >= 0.3 is 0 Å². The molecule has 0 heterocycles. The normalized spacial score (nSPS) is 11.1. The Labute approximate surface area is 123 Å². The number of carbonyl (C=O) groups excluding carboxylic acids is 2. The summed E-state index contributed by atoms with van der Waals surface area (Å²) in [5.74, 6) is -0.692. The molecule has 1 rings (SSSR count). The molecule has 8 heteroatoms. The van der Waals surface area contributed by atoms with E-state index in [1.54, 1.807) is 0 Å². The van der Waals surface area contributed by atoms with E-state index in [9.17, 15) is 18.0 Å². The Morgan fingerprint density at radius 2 is 2.00 bits per heavy atom. The van der Waals surface area contributed by atoms with Gasteiger partial charge in [-0.1, -0.05) is 12.1 Å². The Morgan fingerprint density at radius 3 is 2.62 bits per heavy atom. The van der Waals surface area contributed by atoms with E-state index in [2.05, 4.69) is 10.0 Å². The predicted octanol–water partition coefficient (Wildman–Crippen LogP) is -0.0699. The van der Waals surface area contributed by atoms with Crippen LogP contribution in [0, 0.1) is 0 Å². The molecule has 0 saturated carbocycles. The average Bonchev–Trinajstić information content (AvgIpc) is 2.45. The molecule has 1 amide bonds. The monoisotopic (exact) mass is 314 g/mol. The van der Waals surface area contributed by atoms with Crippen LogP contribution < -0.4 is 10.0 Å². The zero-order chi connectivity index (χ0) is 15.9. The predicted molar refractivity (Wildman–Crippen MR) is 76.5 cm³/mol. The molecule has 116 valence electrons. The summed E-state index contributed by atoms with van der Waals surface area (Å²) < 4.78 is 31.0. The van der Waals surface area contributed by atoms with E-state index in [4.69, 9.17) is 4.74 Å². The lowest BCUT2D eigenvalue weighted by molar-refractivity contribution is -0.120. The number of sulfonamides is 1. The lowest BCUT2D eigenvalue weighted by atomic mass is 10.2. The van der Waals surface area contributed by atoms with Crippen LogP contribution >= 0.6 is 0 Å². The van der Waals surface area contributed by atoms with Crippen molar-refractivity contribution in [3.8, 4) is 0 Å². The molecule has 0 spiro atoms. The zero-order valence-electron chi connectivity index (χ0n) is 11.9. The molecule has 0 atom stereocenters. The van der Waals surface area contributed by atoms with E-state index in [0.717, 1.165) is 0 Å². The number of amides is 1. The highest BCUT2D eigenvalue weighted by molar-refractivity contribution is 7.89. The molecule has 0 fully saturated rings. The van der Waals surface area contributed by atoms with Gasteiger partial charge in [-0.2, -0.15) is 0 Å². The molecule has 2 N–H and O–H groups in total. The Bertz CT molecular complexity index is 613. The van der Waals surface area contributed by atoms with E-state index >= 15 is 0 Å². The molecular formula is C13H18N2O5S. The number of Topliss-reactive ketones (excluding diaryl/α,β-unsaturated/α-hetero) is 1. The average molecular weight is 314 g/mol. The third-order valence-electron chi connectivity index (χ3n) is 2.60. The van der Waals surface area contributed by atoms with Crippen LogP contribution in [0.4, 0.5) is 0 Å². The summed E-state index contributed by atoms with van der Waals surface area (Å²) in [4.78, 5) is 22.6. The molecule has 0 radical (unpaired) electrons. The Morgan fingerprint density at radius 1 is 1.29 bits per heavy atom. The summed E-state index contributed by atoms with van der Waals surface area (Å²) in [5, 5.41) is 2.49. The first-order valence-electron chi connectivity index (χ1n) is 6.23. The van der Waals surface area contributed by atoms with Gasteiger partial charge in [0.1, 0.15) is 0 Å². The van der Waals surface area contributed by atoms with Gasteiger partial charge in [0.15, 0.2) is 5.78 Å². The van der Waals surface area contributed by atoms with Crippen LogP contribution in [0.25, 0.3) is 0 Å². The van der Waals surface area contributed by atoms with Gasteiger partial charge in [0.05, 0.1) is 18.0 Å². The smallest absolute Gasteiger partial charge is 0.241 e. The van der Waals surface area contributed by atoms with Crippen LogP contribution in [0.3, 0.4) is 0 Å². The first-order valence-corrected chi connectivity index (χ1v) is 7.71. The van der Waals surface area contributed by atoms with E-state index in [0.29, 0.717) is 18.7 Å². The number of benzene rings is 1. The number of rotatable bonds is 8. The van der Waals surface area contributed by atoms with Crippen molar-refractivity contribution in [1.82, 2.24) is 10.0 Å². The van der Waals surface area contributed by atoms with Crippen molar-refractivity contribution in [2.24, 2.45) is 0 Å². The molecule has 21 heavy (non-hydrogen) atoms. The summed E-state index contributed by atoms with van der Waals surface area (Å²) in [5.41, 5.74) is 0.294. The van der Waals surface area contributed by atoms with Gasteiger partial charge in [-0.3, -0.25) is 9.59 Å². The standard InChI is InChI=1S/C13H18N2O5S/c1-10(16)11-4-3-5-12(8-11)21(18,19)15-9-13(17)14-6-7-20-2/h3-5,8,15H,6-7,9H2,1-2H3,(H,14,17). The van der Waals surface area contributed by atoms with Gasteiger partial charge in [0.25, 0.3) is 0 Å². The first-order chi connectivity index (χ1) is 9.86. The molecule has 0 aliphatic heterocycles. The molecule has 0 unspecified atom stereocenters. The lowest BCUT2D eigenvalue weighted by Crippen LogP contribution is -2.38. The molecule has 0 saturated heterocycles. The molecule has 0 aromatic heterocycles. The van der Waals surface area contributed by atoms with Crippen molar-refractivity contribution >= 4 is 21.7 Å². The van der Waals surface area contributed by atoms with Gasteiger partial charge in [-0.05, 0) is 19.1 Å². The fraction of sp³-hybridized carbons (Fsp3) is 0.385. The number of methoxy groups -OCH3 is 1. The number of hydrogen-bond donors (Lipinski definition) is 2. The van der Waals surface area contributed by atoms with Gasteiger partial charge in [0.2, 0.25) is 15.9 Å². The lowest BCUT2D eigenvalue weighted by Gasteiger charge is -2.08. The van der Waals surface area contributed by atoms with Gasteiger partial charge in [-0.15, -0.1) is 0 Å². The third kappa shape index (κ3) is 5.62. The minimum atomic E-state index is -3.84. The van der Waals surface area contributed by atoms with Crippen molar-refractivity contribution in [2.75, 3.05) is 26.8 Å². The largest absolute Gasteiger partial charge is 0.383 e. The second-order valence-electron chi connectivity index (χ2n) is 4.25. The Hall–Kier alpha value is -1.77. The van der Waals surface area contributed by atoms with Crippen molar-refractivity contribution in [2.45, 2.75) is 11.8 Å². The first kappa shape index (κ1) is 17.3. The van der Waals surface area contributed by atoms with Crippen LogP contribution in [-0.4, -0.2) is 46.9 Å². The highest BCUT2D eigenvalue weighted by atomic mass is 32.2. The van der Waals surface area contributed by atoms with E-state index in [-0.39, 0.29) is 17.2 Å². The van der Waals surface area contributed by atoms with Crippen LogP contribution in [0.2, 0.25) is 0 Å². The van der Waals surface area contributed by atoms with Crippen LogP contribution in [0.1, 0.15) is 17.3 Å². The van der Waals surface area contributed by atoms with E-state index in [1.165, 1.54) is 38.3 Å². The summed E-state index contributed by atoms with van der Waals surface area (Å²) in [7, 11) is -2.34. The minimum Gasteiger partial charge on any atom is -0.383 e. The maximum Gasteiger partial charge on any atom is 0.241 e. The zero-order valence-corrected chi connectivity index (χ0v) is 12.7. The maximum atomic E-state index is 12.0. The van der Waals surface area contributed by atoms with Gasteiger partial charge in [-0.25, -0.2) is 13.1 Å². The van der Waals surface area contributed by atoms with Crippen molar-refractivity contribution in [3.05, 3.63) is 29.8 Å². The third-order valence-corrected chi connectivity index (χ3v) is 4.00. The van der Waals surface area contributed by atoms with Crippen LogP contribution in [0.5, 0.6) is 0 Å². The topological polar surface area (TPSA) is 102 Å². The highest BCUT2D eigenvalue weighted by Crippen LogP contribution is 2.11. The molecule has 1 aromatic rings. The second-order valence-corrected chi connectivity index (χ2v) is 6.02. The fourth-order valence-corrected chi connectivity index (χ4v) is 2.51. The van der Waals surface area contributed by atoms with Gasteiger partial charge in [0, 0.05) is 19.2 Å². The number of ketones is 1. The van der Waals surface area contributed by atoms with Crippen LogP contribution in [0.15, 0.2) is 29.2 Å². The van der Waals surface area contributed by atoms with Crippen molar-refractivity contribution in [3.63, 3.8) is 0 Å². The number of hydrogen-bond acceptors (Lipinski definition) is 5. The van der Waals surface area contributed by atoms with Crippen molar-refractivity contribution < 1.29 is 22.7 Å². The summed E-state index contributed by atoms with van der Waals surface area (Å²) in [6.45, 7) is 1.62. The molecule has 0 bridgehead atoms. The van der Waals surface area contributed by atoms with Crippen molar-refractivity contribution in [1.29, 1.82) is 0 Å². The summed E-state index contributed by atoms with van der Waals surface area (Å²) in [6, 6.07) is 5.63. The maximum absolute atomic E-state index is 12.0. The van der Waals surface area contributed by atoms with E-state index in [1.807, 2.05) is 0 Å². The second kappa shape index (κ2) is 7.87. The molecule has 1 aromatic carbocycles. The highest BCUT2D eigenvalue weighted by Gasteiger charge is 2.16. The number of nitrogens with one attached hydrogen (secondary N) is 2. The number of carbonyl (C=O) groups is 2. The molecule has 0 aliphatic carbocycles. The molecule has 7 nitrogen and oxygen atoms in total. The summed E-state index contributed by atoms with van der Waals surface area (Å²) in [6.07, 6.45) is 0. The SMILES string of the molecule is COCCNC(=O)CNS(=O)(=O)c1cccc(C(C)=O)c1. The Kier molecular flexibility index (Phi) is 6.47. The Balaban J connectivity index is 2.67. The quantitative estimate of drug-likeness (QED) is 0.516. The minimum absolute atomic E-state index is 0.0557. The van der Waals surface area contributed by atoms with E-state index < -0.39 is 15.9 Å². The van der Waals surface area contributed by atoms with Gasteiger partial charge < -0.3 is 10.1 Å². The fourth-order valence-electron chi connectivity index (χ4n) is 1.48. The summed E-state index contributed by atoms with van der Waals surface area (Å²) >= 11 is 0. The molecule has 0 aliphatic rings.